The van der Waals surface area contributed by atoms with Crippen molar-refractivity contribution < 1.29 is 4.79 Å². The van der Waals surface area contributed by atoms with E-state index in [9.17, 15) is 9.59 Å². The first-order valence-corrected chi connectivity index (χ1v) is 11.5. The van der Waals surface area contributed by atoms with Gasteiger partial charge in [0.15, 0.2) is 0 Å². The summed E-state index contributed by atoms with van der Waals surface area (Å²) < 4.78 is 1.33. The highest BCUT2D eigenvalue weighted by molar-refractivity contribution is 7.17. The van der Waals surface area contributed by atoms with Gasteiger partial charge in [-0.05, 0) is 57.2 Å². The van der Waals surface area contributed by atoms with E-state index in [0.29, 0.717) is 21.1 Å². The van der Waals surface area contributed by atoms with Crippen molar-refractivity contribution in [3.63, 3.8) is 0 Å². The number of hydrogen-bond acceptors (Lipinski definition) is 5. The van der Waals surface area contributed by atoms with Gasteiger partial charge in [-0.15, -0.1) is 11.3 Å². The highest BCUT2D eigenvalue weighted by Gasteiger charge is 2.32. The van der Waals surface area contributed by atoms with Gasteiger partial charge in [0.2, 0.25) is 0 Å². The van der Waals surface area contributed by atoms with Crippen LogP contribution in [0.4, 0.5) is 0 Å². The average molecular weight is 457 g/mol. The SMILES string of the molecule is Cc1nc(-c2c(C)c(C)nn(C)c2=O)sc1C(=O)N1CCCC1Cc1ccccc1Cl. The van der Waals surface area contributed by atoms with Crippen molar-refractivity contribution in [3.8, 4) is 10.6 Å². The van der Waals surface area contributed by atoms with Crippen LogP contribution in [0.1, 0.15) is 45.0 Å². The number of nitrogens with zero attached hydrogens (tertiary/aromatic N) is 4. The van der Waals surface area contributed by atoms with E-state index in [1.807, 2.05) is 49.9 Å². The Kier molecular flexibility index (Phi) is 5.99. The highest BCUT2D eigenvalue weighted by Crippen LogP contribution is 2.32. The van der Waals surface area contributed by atoms with Crippen LogP contribution >= 0.6 is 22.9 Å². The summed E-state index contributed by atoms with van der Waals surface area (Å²) in [6, 6.07) is 7.90. The van der Waals surface area contributed by atoms with Crippen LogP contribution in [0, 0.1) is 20.8 Å². The highest BCUT2D eigenvalue weighted by atomic mass is 35.5. The molecule has 3 heterocycles. The second-order valence-electron chi connectivity index (χ2n) is 8.04. The maximum Gasteiger partial charge on any atom is 0.277 e. The molecule has 162 valence electrons. The van der Waals surface area contributed by atoms with E-state index < -0.39 is 0 Å². The summed E-state index contributed by atoms with van der Waals surface area (Å²) in [5.41, 5.74) is 3.61. The second kappa shape index (κ2) is 8.55. The summed E-state index contributed by atoms with van der Waals surface area (Å²) in [4.78, 5) is 33.3. The van der Waals surface area contributed by atoms with Crippen LogP contribution in [0.15, 0.2) is 29.1 Å². The van der Waals surface area contributed by atoms with Gasteiger partial charge in [-0.2, -0.15) is 5.10 Å². The molecule has 1 saturated heterocycles. The van der Waals surface area contributed by atoms with Crippen molar-refractivity contribution in [1.29, 1.82) is 0 Å². The van der Waals surface area contributed by atoms with E-state index in [1.54, 1.807) is 7.05 Å². The molecule has 1 atom stereocenters. The summed E-state index contributed by atoms with van der Waals surface area (Å²) >= 11 is 7.65. The monoisotopic (exact) mass is 456 g/mol. The van der Waals surface area contributed by atoms with Crippen LogP contribution in [0.25, 0.3) is 10.6 Å². The number of thiazole rings is 1. The number of aryl methyl sites for hydroxylation is 3. The summed E-state index contributed by atoms with van der Waals surface area (Å²) in [7, 11) is 1.63. The van der Waals surface area contributed by atoms with E-state index in [4.69, 9.17) is 11.6 Å². The third-order valence-corrected chi connectivity index (χ3v) is 7.51. The van der Waals surface area contributed by atoms with Crippen molar-refractivity contribution >= 4 is 28.8 Å². The minimum Gasteiger partial charge on any atom is -0.335 e. The lowest BCUT2D eigenvalue weighted by Gasteiger charge is -2.25. The molecule has 2 aromatic heterocycles. The zero-order valence-electron chi connectivity index (χ0n) is 18.1. The fraction of sp³-hybridized carbons (Fsp3) is 0.391. The van der Waals surface area contributed by atoms with Crippen molar-refractivity contribution in [2.24, 2.45) is 7.05 Å². The van der Waals surface area contributed by atoms with Gasteiger partial charge >= 0.3 is 0 Å². The van der Waals surface area contributed by atoms with Crippen LogP contribution < -0.4 is 5.56 Å². The normalized spacial score (nSPS) is 16.2. The Hall–Kier alpha value is -2.51. The van der Waals surface area contributed by atoms with Crippen molar-refractivity contribution in [1.82, 2.24) is 19.7 Å². The first-order chi connectivity index (χ1) is 14.8. The Labute approximate surface area is 190 Å². The van der Waals surface area contributed by atoms with E-state index in [1.165, 1.54) is 16.0 Å². The number of halogens is 1. The molecule has 0 radical (unpaired) electrons. The lowest BCUT2D eigenvalue weighted by Crippen LogP contribution is -2.36. The molecule has 31 heavy (non-hydrogen) atoms. The van der Waals surface area contributed by atoms with Crippen LogP contribution in [0.3, 0.4) is 0 Å². The van der Waals surface area contributed by atoms with Gasteiger partial charge < -0.3 is 4.90 Å². The average Bonchev–Trinajstić information content (AvgIpc) is 3.34. The maximum atomic E-state index is 13.5. The molecule has 8 heteroatoms. The quantitative estimate of drug-likeness (QED) is 0.586. The molecule has 0 N–H and O–H groups in total. The number of amides is 1. The first kappa shape index (κ1) is 21.7. The largest absolute Gasteiger partial charge is 0.335 e. The van der Waals surface area contributed by atoms with Gasteiger partial charge in [0.05, 0.1) is 17.0 Å². The molecule has 0 saturated carbocycles. The van der Waals surface area contributed by atoms with Gasteiger partial charge in [-0.1, -0.05) is 29.8 Å². The first-order valence-electron chi connectivity index (χ1n) is 10.3. The number of likely N-dealkylation sites (tertiary alicyclic amines) is 1. The van der Waals surface area contributed by atoms with Crippen LogP contribution in [-0.4, -0.2) is 38.2 Å². The van der Waals surface area contributed by atoms with Crippen LogP contribution in [0.2, 0.25) is 5.02 Å². The van der Waals surface area contributed by atoms with Crippen molar-refractivity contribution in [2.45, 2.75) is 46.1 Å². The molecular formula is C23H25ClN4O2S. The van der Waals surface area contributed by atoms with Gasteiger partial charge in [0, 0.05) is 24.7 Å². The smallest absolute Gasteiger partial charge is 0.277 e. The molecule has 0 spiro atoms. The van der Waals surface area contributed by atoms with Gasteiger partial charge in [-0.3, -0.25) is 9.59 Å². The fourth-order valence-corrected chi connectivity index (χ4v) is 5.49. The molecule has 1 aromatic carbocycles. The Bertz CT molecular complexity index is 1220. The van der Waals surface area contributed by atoms with E-state index >= 15 is 0 Å². The molecule has 1 aliphatic heterocycles. The number of aromatic nitrogens is 3. The number of benzene rings is 1. The van der Waals surface area contributed by atoms with Gasteiger partial charge in [-0.25, -0.2) is 9.67 Å². The summed E-state index contributed by atoms with van der Waals surface area (Å²) in [5, 5.41) is 5.55. The standard InChI is InChI=1S/C23H25ClN4O2S/c1-13-14(2)26-27(4)22(29)19(13)21-25-15(3)20(31-21)23(30)28-11-7-9-17(28)12-16-8-5-6-10-18(16)24/h5-6,8,10,17H,7,9,11-12H2,1-4H3. The molecule has 6 nitrogen and oxygen atoms in total. The van der Waals surface area contributed by atoms with Gasteiger partial charge in [0.25, 0.3) is 11.5 Å². The molecule has 0 aliphatic carbocycles. The van der Waals surface area contributed by atoms with E-state index in [0.717, 1.165) is 47.7 Å². The number of carbonyl (C=O) groups excluding carboxylic acids is 1. The predicted molar refractivity (Wildman–Crippen MR) is 124 cm³/mol. The molecule has 3 aromatic rings. The molecular weight excluding hydrogens is 432 g/mol. The zero-order chi connectivity index (χ0) is 22.3. The third-order valence-electron chi connectivity index (χ3n) is 5.98. The molecule has 1 unspecified atom stereocenters. The van der Waals surface area contributed by atoms with Crippen molar-refractivity contribution in [3.05, 3.63) is 67.0 Å². The lowest BCUT2D eigenvalue weighted by molar-refractivity contribution is 0.0740. The van der Waals surface area contributed by atoms with E-state index in [-0.39, 0.29) is 17.5 Å². The summed E-state index contributed by atoms with van der Waals surface area (Å²) in [5.74, 6) is -0.0175. The lowest BCUT2D eigenvalue weighted by atomic mass is 10.0. The third kappa shape index (κ3) is 4.04. The fourth-order valence-electron chi connectivity index (χ4n) is 4.17. The summed E-state index contributed by atoms with van der Waals surface area (Å²) in [6.45, 7) is 6.29. The predicted octanol–water partition coefficient (Wildman–Crippen LogP) is 4.33. The molecule has 1 aliphatic rings. The Morgan fingerprint density at radius 2 is 1.97 bits per heavy atom. The topological polar surface area (TPSA) is 68.1 Å². The Morgan fingerprint density at radius 3 is 2.71 bits per heavy atom. The van der Waals surface area contributed by atoms with Crippen LogP contribution in [-0.2, 0) is 13.5 Å². The number of hydrogen-bond donors (Lipinski definition) is 0. The Morgan fingerprint density at radius 1 is 1.23 bits per heavy atom. The summed E-state index contributed by atoms with van der Waals surface area (Å²) in [6.07, 6.45) is 2.65. The van der Waals surface area contributed by atoms with Gasteiger partial charge in [0.1, 0.15) is 9.88 Å². The maximum absolute atomic E-state index is 13.5. The zero-order valence-corrected chi connectivity index (χ0v) is 19.7. The number of carbonyl (C=O) groups is 1. The molecule has 1 fully saturated rings. The molecule has 4 rings (SSSR count). The van der Waals surface area contributed by atoms with Crippen LogP contribution in [0.5, 0.6) is 0 Å². The minimum atomic E-state index is -0.200. The molecule has 1 amide bonds. The molecule has 0 bridgehead atoms. The minimum absolute atomic E-state index is 0.0175. The number of rotatable bonds is 4. The second-order valence-corrected chi connectivity index (χ2v) is 9.44. The Balaban J connectivity index is 1.65. The van der Waals surface area contributed by atoms with Crippen molar-refractivity contribution in [2.75, 3.05) is 6.54 Å². The van der Waals surface area contributed by atoms with E-state index in [2.05, 4.69) is 10.1 Å².